The molecule has 0 atom stereocenters. The third-order valence-corrected chi connectivity index (χ3v) is 3.97. The van der Waals surface area contributed by atoms with Crippen LogP contribution in [-0.4, -0.2) is 31.5 Å². The first kappa shape index (κ1) is 19.8. The van der Waals surface area contributed by atoms with Gasteiger partial charge in [-0.3, -0.25) is 9.59 Å². The minimum atomic E-state index is -0.221. The van der Waals surface area contributed by atoms with E-state index in [4.69, 9.17) is 16.3 Å². The number of carbonyl (C=O) groups excluding carboxylic acids is 2. The Morgan fingerprint density at radius 1 is 0.923 bits per heavy atom. The van der Waals surface area contributed by atoms with Gasteiger partial charge >= 0.3 is 0 Å². The molecule has 0 saturated carbocycles. The zero-order chi connectivity index (χ0) is 18.8. The lowest BCUT2D eigenvalue weighted by Gasteiger charge is -2.09. The summed E-state index contributed by atoms with van der Waals surface area (Å²) >= 11 is 5.83. The predicted molar refractivity (Wildman–Crippen MR) is 102 cm³/mol. The minimum Gasteiger partial charge on any atom is -0.484 e. The molecule has 2 aromatic rings. The lowest BCUT2D eigenvalue weighted by Crippen LogP contribution is -2.36. The summed E-state index contributed by atoms with van der Waals surface area (Å²) in [6.07, 6.45) is 1.05. The van der Waals surface area contributed by atoms with E-state index in [1.165, 1.54) is 0 Å². The maximum absolute atomic E-state index is 11.8. The molecular formula is C20H23ClN2O3. The molecule has 0 aromatic heterocycles. The highest BCUT2D eigenvalue weighted by Gasteiger charge is 2.04. The fourth-order valence-electron chi connectivity index (χ4n) is 2.24. The van der Waals surface area contributed by atoms with Crippen LogP contribution in [0.4, 0.5) is 0 Å². The van der Waals surface area contributed by atoms with Gasteiger partial charge in [-0.1, -0.05) is 41.4 Å². The molecular weight excluding hydrogens is 352 g/mol. The molecule has 0 bridgehead atoms. The maximum atomic E-state index is 11.8. The number of benzene rings is 2. The highest BCUT2D eigenvalue weighted by molar-refractivity contribution is 6.30. The number of halogens is 1. The van der Waals surface area contributed by atoms with Gasteiger partial charge in [-0.05, 0) is 43.2 Å². The van der Waals surface area contributed by atoms with Gasteiger partial charge in [0.2, 0.25) is 5.91 Å². The van der Waals surface area contributed by atoms with E-state index in [9.17, 15) is 9.59 Å². The molecule has 0 aliphatic carbocycles. The minimum absolute atomic E-state index is 0.0480. The molecule has 26 heavy (non-hydrogen) atoms. The van der Waals surface area contributed by atoms with Gasteiger partial charge in [0.05, 0.1) is 0 Å². The van der Waals surface area contributed by atoms with E-state index in [0.717, 1.165) is 11.1 Å². The van der Waals surface area contributed by atoms with Crippen molar-refractivity contribution in [3.8, 4) is 5.75 Å². The number of aryl methyl sites for hydroxylation is 2. The van der Waals surface area contributed by atoms with Gasteiger partial charge in [-0.2, -0.15) is 0 Å². The van der Waals surface area contributed by atoms with E-state index in [1.54, 1.807) is 0 Å². The largest absolute Gasteiger partial charge is 0.484 e. The van der Waals surface area contributed by atoms with Crippen molar-refractivity contribution in [2.75, 3.05) is 19.7 Å². The number of rotatable bonds is 9. The Morgan fingerprint density at radius 3 is 2.19 bits per heavy atom. The summed E-state index contributed by atoms with van der Waals surface area (Å²) in [7, 11) is 0. The van der Waals surface area contributed by atoms with Crippen molar-refractivity contribution in [2.24, 2.45) is 0 Å². The molecule has 2 rings (SSSR count). The first-order valence-electron chi connectivity index (χ1n) is 8.50. The third kappa shape index (κ3) is 7.57. The third-order valence-electron chi connectivity index (χ3n) is 3.71. The number of carbonyl (C=O) groups is 2. The molecule has 2 aromatic carbocycles. The first-order valence-corrected chi connectivity index (χ1v) is 8.88. The zero-order valence-electron chi connectivity index (χ0n) is 14.8. The molecule has 0 radical (unpaired) electrons. The average molecular weight is 375 g/mol. The van der Waals surface area contributed by atoms with Crippen LogP contribution >= 0.6 is 11.6 Å². The highest BCUT2D eigenvalue weighted by Crippen LogP contribution is 2.11. The Hall–Kier alpha value is -2.53. The molecule has 0 saturated heterocycles. The second-order valence-electron chi connectivity index (χ2n) is 5.93. The molecule has 2 N–H and O–H groups in total. The van der Waals surface area contributed by atoms with Crippen molar-refractivity contribution in [1.82, 2.24) is 10.6 Å². The van der Waals surface area contributed by atoms with E-state index in [0.29, 0.717) is 36.7 Å². The van der Waals surface area contributed by atoms with Gasteiger partial charge in [0, 0.05) is 24.5 Å². The normalized spacial score (nSPS) is 10.2. The van der Waals surface area contributed by atoms with Crippen LogP contribution < -0.4 is 15.4 Å². The van der Waals surface area contributed by atoms with Gasteiger partial charge < -0.3 is 15.4 Å². The fraction of sp³-hybridized carbons (Fsp3) is 0.300. The number of hydrogen-bond acceptors (Lipinski definition) is 3. The van der Waals surface area contributed by atoms with Crippen LogP contribution in [0.5, 0.6) is 5.75 Å². The van der Waals surface area contributed by atoms with E-state index in [-0.39, 0.29) is 18.4 Å². The van der Waals surface area contributed by atoms with E-state index < -0.39 is 0 Å². The average Bonchev–Trinajstić information content (AvgIpc) is 2.64. The summed E-state index contributed by atoms with van der Waals surface area (Å²) in [6, 6.07) is 14.9. The Balaban J connectivity index is 1.54. The topological polar surface area (TPSA) is 67.4 Å². The monoisotopic (exact) mass is 374 g/mol. The van der Waals surface area contributed by atoms with Crippen LogP contribution in [0.25, 0.3) is 0 Å². The summed E-state index contributed by atoms with van der Waals surface area (Å²) < 4.78 is 5.39. The van der Waals surface area contributed by atoms with Crippen LogP contribution in [-0.2, 0) is 16.0 Å². The zero-order valence-corrected chi connectivity index (χ0v) is 15.5. The Morgan fingerprint density at radius 2 is 1.54 bits per heavy atom. The summed E-state index contributed by atoms with van der Waals surface area (Å²) in [5.74, 6) is 0.382. The number of amides is 2. The summed E-state index contributed by atoms with van der Waals surface area (Å²) in [5, 5.41) is 6.17. The Kier molecular flexibility index (Phi) is 7.96. The molecule has 0 aliphatic heterocycles. The van der Waals surface area contributed by atoms with Crippen molar-refractivity contribution in [1.29, 1.82) is 0 Å². The summed E-state index contributed by atoms with van der Waals surface area (Å²) in [6.45, 7) is 2.69. The molecule has 138 valence electrons. The standard InChI is InChI=1S/C20H23ClN2O3/c1-15-2-9-18(10-3-15)26-14-20(25)23-13-12-22-19(24)11-6-16-4-7-17(21)8-5-16/h2-5,7-10H,6,11-14H2,1H3,(H,22,24)(H,23,25). The smallest absolute Gasteiger partial charge is 0.258 e. The van der Waals surface area contributed by atoms with E-state index in [2.05, 4.69) is 10.6 Å². The molecule has 2 amide bonds. The molecule has 0 heterocycles. The van der Waals surface area contributed by atoms with Crippen LogP contribution in [0.2, 0.25) is 5.02 Å². The molecule has 0 fully saturated rings. The molecule has 6 heteroatoms. The summed E-state index contributed by atoms with van der Waals surface area (Å²) in [4.78, 5) is 23.5. The highest BCUT2D eigenvalue weighted by atomic mass is 35.5. The second-order valence-corrected chi connectivity index (χ2v) is 6.36. The van der Waals surface area contributed by atoms with E-state index in [1.807, 2.05) is 55.5 Å². The number of hydrogen-bond donors (Lipinski definition) is 2. The van der Waals surface area contributed by atoms with Crippen LogP contribution in [0, 0.1) is 6.92 Å². The van der Waals surface area contributed by atoms with Gasteiger partial charge in [-0.25, -0.2) is 0 Å². The first-order chi connectivity index (χ1) is 12.5. The predicted octanol–water partition coefficient (Wildman–Crippen LogP) is 2.89. The SMILES string of the molecule is Cc1ccc(OCC(=O)NCCNC(=O)CCc2ccc(Cl)cc2)cc1. The van der Waals surface area contributed by atoms with Gasteiger partial charge in [-0.15, -0.1) is 0 Å². The fourth-order valence-corrected chi connectivity index (χ4v) is 2.36. The Labute approximate surface area is 158 Å². The molecule has 0 spiro atoms. The molecule has 0 aliphatic rings. The lowest BCUT2D eigenvalue weighted by atomic mass is 10.1. The Bertz CT molecular complexity index is 651. The van der Waals surface area contributed by atoms with Crippen LogP contribution in [0.1, 0.15) is 17.5 Å². The van der Waals surface area contributed by atoms with E-state index >= 15 is 0 Å². The van der Waals surface area contributed by atoms with Crippen LogP contribution in [0.3, 0.4) is 0 Å². The van der Waals surface area contributed by atoms with Crippen molar-refractivity contribution < 1.29 is 14.3 Å². The molecule has 5 nitrogen and oxygen atoms in total. The van der Waals surface area contributed by atoms with Crippen LogP contribution in [0.15, 0.2) is 48.5 Å². The maximum Gasteiger partial charge on any atom is 0.258 e. The number of nitrogens with one attached hydrogen (secondary N) is 2. The van der Waals surface area contributed by atoms with Crippen molar-refractivity contribution in [2.45, 2.75) is 19.8 Å². The van der Waals surface area contributed by atoms with Crippen molar-refractivity contribution in [3.63, 3.8) is 0 Å². The number of ether oxygens (including phenoxy) is 1. The quantitative estimate of drug-likeness (QED) is 0.663. The van der Waals surface area contributed by atoms with Gasteiger partial charge in [0.25, 0.3) is 5.91 Å². The van der Waals surface area contributed by atoms with Crippen molar-refractivity contribution in [3.05, 3.63) is 64.7 Å². The van der Waals surface area contributed by atoms with Crippen molar-refractivity contribution >= 4 is 23.4 Å². The molecule has 0 unspecified atom stereocenters. The second kappa shape index (κ2) is 10.5. The summed E-state index contributed by atoms with van der Waals surface area (Å²) in [5.41, 5.74) is 2.19. The van der Waals surface area contributed by atoms with Gasteiger partial charge in [0.1, 0.15) is 5.75 Å². The van der Waals surface area contributed by atoms with Gasteiger partial charge in [0.15, 0.2) is 6.61 Å². The lowest BCUT2D eigenvalue weighted by molar-refractivity contribution is -0.124.